The highest BCUT2D eigenvalue weighted by atomic mass is 16.4. The number of hydrogen-bond acceptors (Lipinski definition) is 2. The topological polar surface area (TPSA) is 66.6 Å². The summed E-state index contributed by atoms with van der Waals surface area (Å²) in [5, 5.41) is 9.25. The minimum atomic E-state index is -0.805. The van der Waals surface area contributed by atoms with Crippen molar-refractivity contribution in [3.8, 4) is 0 Å². The minimum Gasteiger partial charge on any atom is -0.465 e. The molecule has 0 aromatic heterocycles. The highest BCUT2D eigenvalue weighted by Gasteiger charge is 2.26. The molecule has 0 fully saturated rings. The number of aryl methyl sites for hydroxylation is 1. The minimum absolute atomic E-state index is 0.110. The van der Waals surface area contributed by atoms with Gasteiger partial charge < -0.3 is 15.7 Å². The van der Waals surface area contributed by atoms with Crippen LogP contribution in [0.15, 0.2) is 18.2 Å². The van der Waals surface area contributed by atoms with Crippen LogP contribution in [-0.4, -0.2) is 28.7 Å². The summed E-state index contributed by atoms with van der Waals surface area (Å²) in [4.78, 5) is 12.8. The van der Waals surface area contributed by atoms with Crippen LogP contribution in [0, 0.1) is 0 Å². The molecule has 0 saturated carbocycles. The zero-order valence-electron chi connectivity index (χ0n) is 10.7. The first kappa shape index (κ1) is 12.7. The number of nitrogen functional groups attached to an aromatic ring is 1. The Morgan fingerprint density at radius 2 is 2.28 bits per heavy atom. The zero-order valence-corrected chi connectivity index (χ0v) is 10.7. The number of benzene rings is 1. The first-order valence-electron chi connectivity index (χ1n) is 6.48. The van der Waals surface area contributed by atoms with Gasteiger partial charge in [-0.3, -0.25) is 0 Å². The molecule has 1 aliphatic carbocycles. The van der Waals surface area contributed by atoms with Gasteiger partial charge in [-0.15, -0.1) is 0 Å². The largest absolute Gasteiger partial charge is 0.465 e. The average molecular weight is 248 g/mol. The number of carbonyl (C=O) groups is 1. The standard InChI is InChI=1S/C14H20N2O2/c1-2-7-16(14(17)18)13-6-4-10-8-12(15)5-3-11(10)9-13/h3,5,8,13H,2,4,6-7,9,15H2,1H3,(H,17,18)/t13-/m1/s1. The summed E-state index contributed by atoms with van der Waals surface area (Å²) in [6.45, 7) is 2.62. The lowest BCUT2D eigenvalue weighted by Gasteiger charge is -2.33. The van der Waals surface area contributed by atoms with Gasteiger partial charge in [0.1, 0.15) is 0 Å². The Hall–Kier alpha value is -1.71. The van der Waals surface area contributed by atoms with Crippen molar-refractivity contribution in [2.24, 2.45) is 0 Å². The van der Waals surface area contributed by atoms with Crippen LogP contribution in [0.2, 0.25) is 0 Å². The van der Waals surface area contributed by atoms with Crippen LogP contribution in [0.4, 0.5) is 10.5 Å². The van der Waals surface area contributed by atoms with Crippen LogP contribution >= 0.6 is 0 Å². The fourth-order valence-corrected chi connectivity index (χ4v) is 2.70. The molecule has 0 heterocycles. The summed E-state index contributed by atoms with van der Waals surface area (Å²) >= 11 is 0. The third-order valence-corrected chi connectivity index (χ3v) is 3.58. The number of rotatable bonds is 3. The van der Waals surface area contributed by atoms with Crippen LogP contribution in [0.3, 0.4) is 0 Å². The van der Waals surface area contributed by atoms with Crippen LogP contribution in [0.1, 0.15) is 30.9 Å². The van der Waals surface area contributed by atoms with E-state index >= 15 is 0 Å². The Morgan fingerprint density at radius 3 is 2.94 bits per heavy atom. The molecule has 0 unspecified atom stereocenters. The van der Waals surface area contributed by atoms with E-state index in [1.54, 1.807) is 4.90 Å². The molecule has 1 amide bonds. The molecule has 0 aliphatic heterocycles. The summed E-state index contributed by atoms with van der Waals surface area (Å²) in [6, 6.07) is 6.05. The summed E-state index contributed by atoms with van der Waals surface area (Å²) in [7, 11) is 0. The fourth-order valence-electron chi connectivity index (χ4n) is 2.70. The molecule has 0 saturated heterocycles. The van der Waals surface area contributed by atoms with Gasteiger partial charge in [-0.05, 0) is 48.9 Å². The van der Waals surface area contributed by atoms with E-state index in [4.69, 9.17) is 5.73 Å². The average Bonchev–Trinajstić information content (AvgIpc) is 2.35. The van der Waals surface area contributed by atoms with Gasteiger partial charge in [-0.2, -0.15) is 0 Å². The zero-order chi connectivity index (χ0) is 13.1. The molecule has 98 valence electrons. The van der Waals surface area contributed by atoms with E-state index in [1.807, 2.05) is 25.1 Å². The summed E-state index contributed by atoms with van der Waals surface area (Å²) in [5.74, 6) is 0. The van der Waals surface area contributed by atoms with Crippen molar-refractivity contribution in [3.05, 3.63) is 29.3 Å². The van der Waals surface area contributed by atoms with E-state index in [-0.39, 0.29) is 6.04 Å². The molecular weight excluding hydrogens is 228 g/mol. The molecule has 2 rings (SSSR count). The molecule has 18 heavy (non-hydrogen) atoms. The quantitative estimate of drug-likeness (QED) is 0.808. The lowest BCUT2D eigenvalue weighted by molar-refractivity contribution is 0.119. The fraction of sp³-hybridized carbons (Fsp3) is 0.500. The molecule has 1 aromatic carbocycles. The monoisotopic (exact) mass is 248 g/mol. The predicted octanol–water partition coefficient (Wildman–Crippen LogP) is 2.52. The molecule has 0 bridgehead atoms. The molecule has 1 atom stereocenters. The molecule has 1 aliphatic rings. The summed E-state index contributed by atoms with van der Waals surface area (Å²) in [5.41, 5.74) is 9.07. The van der Waals surface area contributed by atoms with Crippen molar-refractivity contribution in [1.82, 2.24) is 4.90 Å². The van der Waals surface area contributed by atoms with Gasteiger partial charge in [0, 0.05) is 18.3 Å². The van der Waals surface area contributed by atoms with Crippen LogP contribution in [0.25, 0.3) is 0 Å². The number of anilines is 1. The van der Waals surface area contributed by atoms with Crippen LogP contribution in [0.5, 0.6) is 0 Å². The second kappa shape index (κ2) is 5.29. The van der Waals surface area contributed by atoms with Crippen LogP contribution in [-0.2, 0) is 12.8 Å². The Labute approximate surface area is 107 Å². The van der Waals surface area contributed by atoms with Gasteiger partial charge in [0.2, 0.25) is 0 Å². The molecule has 4 heteroatoms. The maximum absolute atomic E-state index is 11.3. The van der Waals surface area contributed by atoms with Crippen molar-refractivity contribution >= 4 is 11.8 Å². The lowest BCUT2D eigenvalue weighted by atomic mass is 9.87. The highest BCUT2D eigenvalue weighted by Crippen LogP contribution is 2.26. The van der Waals surface area contributed by atoms with Gasteiger partial charge in [0.25, 0.3) is 0 Å². The Morgan fingerprint density at radius 1 is 1.50 bits per heavy atom. The van der Waals surface area contributed by atoms with Crippen molar-refractivity contribution < 1.29 is 9.90 Å². The summed E-state index contributed by atoms with van der Waals surface area (Å²) in [6.07, 6.45) is 2.67. The smallest absolute Gasteiger partial charge is 0.407 e. The maximum Gasteiger partial charge on any atom is 0.407 e. The predicted molar refractivity (Wildman–Crippen MR) is 71.7 cm³/mol. The van der Waals surface area contributed by atoms with E-state index in [0.717, 1.165) is 31.4 Å². The van der Waals surface area contributed by atoms with Crippen molar-refractivity contribution in [1.29, 1.82) is 0 Å². The Kier molecular flexibility index (Phi) is 3.75. The number of nitrogens with two attached hydrogens (primary N) is 1. The summed E-state index contributed by atoms with van der Waals surface area (Å²) < 4.78 is 0. The van der Waals surface area contributed by atoms with E-state index in [0.29, 0.717) is 6.54 Å². The highest BCUT2D eigenvalue weighted by molar-refractivity contribution is 5.65. The van der Waals surface area contributed by atoms with E-state index < -0.39 is 6.09 Å². The molecule has 0 radical (unpaired) electrons. The third kappa shape index (κ3) is 2.58. The van der Waals surface area contributed by atoms with Gasteiger partial charge in [-0.1, -0.05) is 13.0 Å². The van der Waals surface area contributed by atoms with Gasteiger partial charge >= 0.3 is 6.09 Å². The van der Waals surface area contributed by atoms with Crippen molar-refractivity contribution in [2.75, 3.05) is 12.3 Å². The normalized spacial score (nSPS) is 18.2. The number of nitrogens with zero attached hydrogens (tertiary/aromatic N) is 1. The second-order valence-corrected chi connectivity index (χ2v) is 4.90. The van der Waals surface area contributed by atoms with Gasteiger partial charge in [0.05, 0.1) is 0 Å². The second-order valence-electron chi connectivity index (χ2n) is 4.90. The van der Waals surface area contributed by atoms with Crippen molar-refractivity contribution in [2.45, 2.75) is 38.6 Å². The first-order valence-corrected chi connectivity index (χ1v) is 6.48. The molecule has 0 spiro atoms. The number of carboxylic acid groups (broad SMARTS) is 1. The molecule has 4 nitrogen and oxygen atoms in total. The van der Waals surface area contributed by atoms with Gasteiger partial charge in [-0.25, -0.2) is 4.79 Å². The molecule has 3 N–H and O–H groups in total. The number of hydrogen-bond donors (Lipinski definition) is 2. The van der Waals surface area contributed by atoms with E-state index in [1.165, 1.54) is 11.1 Å². The van der Waals surface area contributed by atoms with E-state index in [9.17, 15) is 9.90 Å². The molecule has 1 aromatic rings. The van der Waals surface area contributed by atoms with E-state index in [2.05, 4.69) is 0 Å². The SMILES string of the molecule is CCCN(C(=O)O)[C@@H]1CCc2cc(N)ccc2C1. The van der Waals surface area contributed by atoms with Gasteiger partial charge in [0.15, 0.2) is 0 Å². The van der Waals surface area contributed by atoms with Crippen LogP contribution < -0.4 is 5.73 Å². The van der Waals surface area contributed by atoms with Crippen molar-refractivity contribution in [3.63, 3.8) is 0 Å². The Bertz CT molecular complexity index is 445. The number of amides is 1. The Balaban J connectivity index is 2.15. The third-order valence-electron chi connectivity index (χ3n) is 3.58. The number of fused-ring (bicyclic) bond motifs is 1. The first-order chi connectivity index (χ1) is 8.61. The molecular formula is C14H20N2O2. The maximum atomic E-state index is 11.3. The lowest BCUT2D eigenvalue weighted by Crippen LogP contribution is -2.43.